The molecule has 0 bridgehead atoms. The number of carbonyl (C=O) groups excluding carboxylic acids is 1. The van der Waals surface area contributed by atoms with Crippen LogP contribution in [0.4, 0.5) is 4.39 Å². The lowest BCUT2D eigenvalue weighted by Gasteiger charge is -2.08. The van der Waals surface area contributed by atoms with Crippen LogP contribution in [0.3, 0.4) is 0 Å². The van der Waals surface area contributed by atoms with E-state index in [1.807, 2.05) is 6.07 Å². The van der Waals surface area contributed by atoms with Crippen LogP contribution in [0.5, 0.6) is 0 Å². The number of benzene rings is 1. The van der Waals surface area contributed by atoms with Gasteiger partial charge in [-0.15, -0.1) is 0 Å². The van der Waals surface area contributed by atoms with E-state index in [2.05, 4.69) is 9.97 Å². The minimum Gasteiger partial charge on any atom is -0.365 e. The van der Waals surface area contributed by atoms with Crippen LogP contribution in [-0.2, 0) is 0 Å². The number of pyridine rings is 1. The highest BCUT2D eigenvalue weighted by Gasteiger charge is 2.17. The molecule has 0 saturated heterocycles. The van der Waals surface area contributed by atoms with E-state index < -0.39 is 11.7 Å². The Balaban J connectivity index is 2.36. The van der Waals surface area contributed by atoms with E-state index in [0.717, 1.165) is 10.9 Å². The molecule has 4 nitrogen and oxygen atoms in total. The number of nitrogens with zero attached hydrogens (tertiary/aromatic N) is 1. The topological polar surface area (TPSA) is 71.8 Å². The number of rotatable bonds is 2. The third kappa shape index (κ3) is 1.76. The maximum atomic E-state index is 13.8. The largest absolute Gasteiger partial charge is 0.365 e. The molecule has 1 aromatic carbocycles. The second kappa shape index (κ2) is 4.20. The average Bonchev–Trinajstić information content (AvgIpc) is 2.85. The number of nitrogens with one attached hydrogen (secondary N) is 1. The van der Waals surface area contributed by atoms with E-state index in [1.165, 1.54) is 6.07 Å². The van der Waals surface area contributed by atoms with Gasteiger partial charge in [-0.05, 0) is 29.3 Å². The Hall–Kier alpha value is -2.69. The summed E-state index contributed by atoms with van der Waals surface area (Å²) in [6.07, 6.45) is 3.34. The average molecular weight is 255 g/mol. The SMILES string of the molecule is NC(=O)c1c(F)cccc1-c1ccnc2[nH]ccc12. The summed E-state index contributed by atoms with van der Waals surface area (Å²) in [5, 5.41) is 0.815. The first-order valence-electron chi connectivity index (χ1n) is 5.69. The predicted octanol–water partition coefficient (Wildman–Crippen LogP) is 2.47. The number of hydrogen-bond acceptors (Lipinski definition) is 2. The molecule has 0 fully saturated rings. The van der Waals surface area contributed by atoms with Crippen molar-refractivity contribution in [3.63, 3.8) is 0 Å². The van der Waals surface area contributed by atoms with Gasteiger partial charge in [0.05, 0.1) is 5.56 Å². The van der Waals surface area contributed by atoms with E-state index in [0.29, 0.717) is 11.2 Å². The van der Waals surface area contributed by atoms with Crippen molar-refractivity contribution in [2.75, 3.05) is 0 Å². The molecule has 1 amide bonds. The van der Waals surface area contributed by atoms with Crippen LogP contribution in [0, 0.1) is 5.82 Å². The van der Waals surface area contributed by atoms with Crippen molar-refractivity contribution in [3.05, 3.63) is 54.1 Å². The molecule has 2 heterocycles. The molecule has 5 heteroatoms. The van der Waals surface area contributed by atoms with Crippen LogP contribution in [0.2, 0.25) is 0 Å². The van der Waals surface area contributed by atoms with Crippen molar-refractivity contribution >= 4 is 16.9 Å². The Morgan fingerprint density at radius 1 is 1.21 bits per heavy atom. The van der Waals surface area contributed by atoms with Crippen LogP contribution in [0.1, 0.15) is 10.4 Å². The number of hydrogen-bond donors (Lipinski definition) is 2. The first-order chi connectivity index (χ1) is 9.18. The lowest BCUT2D eigenvalue weighted by atomic mass is 9.97. The molecule has 0 atom stereocenters. The Labute approximate surface area is 108 Å². The third-order valence-corrected chi connectivity index (χ3v) is 3.01. The molecule has 3 N–H and O–H groups in total. The second-order valence-electron chi connectivity index (χ2n) is 4.13. The van der Waals surface area contributed by atoms with Gasteiger partial charge >= 0.3 is 0 Å². The Bertz CT molecular complexity index is 779. The van der Waals surface area contributed by atoms with Gasteiger partial charge in [0, 0.05) is 17.8 Å². The van der Waals surface area contributed by atoms with Crippen LogP contribution >= 0.6 is 0 Å². The quantitative estimate of drug-likeness (QED) is 0.738. The number of halogens is 1. The predicted molar refractivity (Wildman–Crippen MR) is 70.0 cm³/mol. The van der Waals surface area contributed by atoms with Crippen LogP contribution < -0.4 is 5.73 Å². The molecule has 0 aliphatic carbocycles. The van der Waals surface area contributed by atoms with Gasteiger partial charge in [0.2, 0.25) is 0 Å². The van der Waals surface area contributed by atoms with Gasteiger partial charge in [-0.2, -0.15) is 0 Å². The van der Waals surface area contributed by atoms with Crippen molar-refractivity contribution in [1.82, 2.24) is 9.97 Å². The van der Waals surface area contributed by atoms with Gasteiger partial charge in [0.25, 0.3) is 5.91 Å². The first kappa shape index (κ1) is 11.4. The number of carbonyl (C=O) groups is 1. The Kier molecular flexibility index (Phi) is 2.52. The molecule has 3 rings (SSSR count). The van der Waals surface area contributed by atoms with E-state index in [4.69, 9.17) is 5.73 Å². The number of aromatic nitrogens is 2. The molecule has 0 aliphatic heterocycles. The van der Waals surface area contributed by atoms with E-state index in [9.17, 15) is 9.18 Å². The van der Waals surface area contributed by atoms with Crippen LogP contribution in [-0.4, -0.2) is 15.9 Å². The highest BCUT2D eigenvalue weighted by Crippen LogP contribution is 2.30. The number of amides is 1. The fourth-order valence-electron chi connectivity index (χ4n) is 2.19. The van der Waals surface area contributed by atoms with E-state index >= 15 is 0 Å². The normalized spacial score (nSPS) is 10.8. The van der Waals surface area contributed by atoms with Crippen molar-refractivity contribution in [1.29, 1.82) is 0 Å². The summed E-state index contributed by atoms with van der Waals surface area (Å²) < 4.78 is 13.8. The summed E-state index contributed by atoms with van der Waals surface area (Å²) in [7, 11) is 0. The lowest BCUT2D eigenvalue weighted by molar-refractivity contribution is 0.0997. The van der Waals surface area contributed by atoms with Crippen molar-refractivity contribution in [3.8, 4) is 11.1 Å². The second-order valence-corrected chi connectivity index (χ2v) is 4.13. The van der Waals surface area contributed by atoms with Crippen molar-refractivity contribution in [2.24, 2.45) is 5.73 Å². The molecule has 0 unspecified atom stereocenters. The molecule has 94 valence electrons. The van der Waals surface area contributed by atoms with E-state index in [1.54, 1.807) is 30.6 Å². The highest BCUT2D eigenvalue weighted by molar-refractivity contribution is 6.04. The number of nitrogens with two attached hydrogens (primary N) is 1. The number of H-pyrrole nitrogens is 1. The zero-order chi connectivity index (χ0) is 13.4. The molecular formula is C14H10FN3O. The van der Waals surface area contributed by atoms with Crippen LogP contribution in [0.25, 0.3) is 22.2 Å². The fourth-order valence-corrected chi connectivity index (χ4v) is 2.19. The van der Waals surface area contributed by atoms with Gasteiger partial charge in [0.1, 0.15) is 11.5 Å². The van der Waals surface area contributed by atoms with Gasteiger partial charge in [0.15, 0.2) is 0 Å². The van der Waals surface area contributed by atoms with Gasteiger partial charge in [-0.3, -0.25) is 4.79 Å². The highest BCUT2D eigenvalue weighted by atomic mass is 19.1. The fraction of sp³-hybridized carbons (Fsp3) is 0. The number of aromatic amines is 1. The third-order valence-electron chi connectivity index (χ3n) is 3.01. The molecule has 0 radical (unpaired) electrons. The summed E-state index contributed by atoms with van der Waals surface area (Å²) in [5.41, 5.74) is 7.04. The number of primary amides is 1. The molecule has 19 heavy (non-hydrogen) atoms. The minimum atomic E-state index is -0.784. The van der Waals surface area contributed by atoms with Gasteiger partial charge in [-0.1, -0.05) is 12.1 Å². The zero-order valence-corrected chi connectivity index (χ0v) is 9.85. The molecule has 0 saturated carbocycles. The summed E-state index contributed by atoms with van der Waals surface area (Å²) >= 11 is 0. The molecular weight excluding hydrogens is 245 g/mol. The first-order valence-corrected chi connectivity index (χ1v) is 5.69. The molecule has 0 aliphatic rings. The molecule has 0 spiro atoms. The summed E-state index contributed by atoms with van der Waals surface area (Å²) in [6, 6.07) is 8.00. The lowest BCUT2D eigenvalue weighted by Crippen LogP contribution is -2.14. The van der Waals surface area contributed by atoms with E-state index in [-0.39, 0.29) is 5.56 Å². The maximum Gasteiger partial charge on any atom is 0.252 e. The van der Waals surface area contributed by atoms with Gasteiger partial charge < -0.3 is 10.7 Å². The number of fused-ring (bicyclic) bond motifs is 1. The molecule has 2 aromatic heterocycles. The van der Waals surface area contributed by atoms with Crippen molar-refractivity contribution in [2.45, 2.75) is 0 Å². The monoisotopic (exact) mass is 255 g/mol. The summed E-state index contributed by atoms with van der Waals surface area (Å²) in [4.78, 5) is 18.6. The van der Waals surface area contributed by atoms with Crippen LogP contribution in [0.15, 0.2) is 42.7 Å². The smallest absolute Gasteiger partial charge is 0.252 e. The van der Waals surface area contributed by atoms with Crippen molar-refractivity contribution < 1.29 is 9.18 Å². The Morgan fingerprint density at radius 3 is 2.84 bits per heavy atom. The van der Waals surface area contributed by atoms with Gasteiger partial charge in [-0.25, -0.2) is 9.37 Å². The maximum absolute atomic E-state index is 13.8. The standard InChI is InChI=1S/C14H10FN3O/c15-11-3-1-2-9(12(11)13(16)19)8-4-6-17-14-10(8)5-7-18-14/h1-7H,(H2,16,19)(H,17,18). The minimum absolute atomic E-state index is 0.101. The Morgan fingerprint density at radius 2 is 2.05 bits per heavy atom. The summed E-state index contributed by atoms with van der Waals surface area (Å²) in [6.45, 7) is 0. The molecule has 3 aromatic rings. The summed E-state index contributed by atoms with van der Waals surface area (Å²) in [5.74, 6) is -1.40. The zero-order valence-electron chi connectivity index (χ0n) is 9.85.